The summed E-state index contributed by atoms with van der Waals surface area (Å²) in [7, 11) is 0. The molecule has 1 aliphatic heterocycles. The lowest BCUT2D eigenvalue weighted by molar-refractivity contribution is -0.119. The highest BCUT2D eigenvalue weighted by atomic mass is 16.2. The fourth-order valence-electron chi connectivity index (χ4n) is 1.01. The smallest absolute Gasteiger partial charge is 0.247 e. The second-order valence-electron chi connectivity index (χ2n) is 2.33. The largest absolute Gasteiger partial charge is 0.310 e. The molecule has 56 valence electrons. The first kappa shape index (κ1) is 6.15. The van der Waals surface area contributed by atoms with Crippen molar-refractivity contribution in [3.63, 3.8) is 0 Å². The molecule has 0 aliphatic carbocycles. The van der Waals surface area contributed by atoms with Gasteiger partial charge in [0.2, 0.25) is 5.91 Å². The summed E-state index contributed by atoms with van der Waals surface area (Å²) >= 11 is 0. The number of nitrogens with one attached hydrogen (secondary N) is 1. The third-order valence-electron chi connectivity index (χ3n) is 1.53. The van der Waals surface area contributed by atoms with Crippen LogP contribution in [0.4, 0.5) is 0 Å². The standard InChI is InChI=1S/C7H7N3O/c11-7-5-6(8-9-7)10-3-1-2-4-10/h1-4H,5H2,(H,9,11). The molecule has 0 aromatic carbocycles. The number of rotatable bonds is 0. The van der Waals surface area contributed by atoms with Crippen LogP contribution in [0.3, 0.4) is 0 Å². The van der Waals surface area contributed by atoms with Crippen molar-refractivity contribution in [2.24, 2.45) is 5.10 Å². The Balaban J connectivity index is 2.26. The number of hydrazone groups is 1. The summed E-state index contributed by atoms with van der Waals surface area (Å²) in [6, 6.07) is 3.79. The van der Waals surface area contributed by atoms with E-state index in [0.717, 1.165) is 5.84 Å². The Morgan fingerprint density at radius 2 is 2.18 bits per heavy atom. The average molecular weight is 149 g/mol. The molecule has 1 N–H and O–H groups in total. The molecule has 2 heterocycles. The molecule has 0 unspecified atom stereocenters. The van der Waals surface area contributed by atoms with Gasteiger partial charge in [-0.1, -0.05) is 0 Å². The van der Waals surface area contributed by atoms with E-state index in [0.29, 0.717) is 6.42 Å². The molecular weight excluding hydrogens is 142 g/mol. The number of aromatic nitrogens is 1. The fourth-order valence-corrected chi connectivity index (χ4v) is 1.01. The van der Waals surface area contributed by atoms with E-state index in [1.807, 2.05) is 29.1 Å². The molecule has 0 saturated heterocycles. The SMILES string of the molecule is O=C1CC(n2cccc2)=NN1. The van der Waals surface area contributed by atoms with Crippen molar-refractivity contribution in [1.29, 1.82) is 0 Å². The minimum Gasteiger partial charge on any atom is -0.310 e. The van der Waals surface area contributed by atoms with Crippen molar-refractivity contribution >= 4 is 11.7 Å². The summed E-state index contributed by atoms with van der Waals surface area (Å²) in [6.45, 7) is 0. The zero-order chi connectivity index (χ0) is 7.68. The third-order valence-corrected chi connectivity index (χ3v) is 1.53. The molecule has 11 heavy (non-hydrogen) atoms. The summed E-state index contributed by atoms with van der Waals surface area (Å²) in [6.07, 6.45) is 4.09. The van der Waals surface area contributed by atoms with Gasteiger partial charge in [-0.25, -0.2) is 5.43 Å². The van der Waals surface area contributed by atoms with Crippen LogP contribution in [-0.2, 0) is 4.79 Å². The first-order valence-electron chi connectivity index (χ1n) is 3.35. The van der Waals surface area contributed by atoms with Crippen molar-refractivity contribution in [2.45, 2.75) is 6.42 Å². The van der Waals surface area contributed by atoms with Gasteiger partial charge in [0.05, 0.1) is 6.42 Å². The van der Waals surface area contributed by atoms with E-state index in [4.69, 9.17) is 0 Å². The predicted octanol–water partition coefficient (Wildman–Crippen LogP) is 0.170. The zero-order valence-corrected chi connectivity index (χ0v) is 5.82. The summed E-state index contributed by atoms with van der Waals surface area (Å²) in [4.78, 5) is 10.7. The molecule has 1 aliphatic rings. The second kappa shape index (κ2) is 2.23. The molecule has 0 atom stereocenters. The van der Waals surface area contributed by atoms with Gasteiger partial charge in [0.15, 0.2) is 0 Å². The van der Waals surface area contributed by atoms with Gasteiger partial charge >= 0.3 is 0 Å². The minimum atomic E-state index is -0.0475. The quantitative estimate of drug-likeness (QED) is 0.561. The van der Waals surface area contributed by atoms with Crippen molar-refractivity contribution in [3.8, 4) is 0 Å². The molecule has 1 amide bonds. The molecule has 1 aromatic rings. The number of nitrogens with zero attached hydrogens (tertiary/aromatic N) is 2. The summed E-state index contributed by atoms with van der Waals surface area (Å²) in [5.41, 5.74) is 2.39. The van der Waals surface area contributed by atoms with Gasteiger partial charge in [-0.2, -0.15) is 5.10 Å². The Morgan fingerprint density at radius 3 is 2.73 bits per heavy atom. The molecule has 4 nitrogen and oxygen atoms in total. The van der Waals surface area contributed by atoms with Gasteiger partial charge in [-0.05, 0) is 12.1 Å². The van der Waals surface area contributed by atoms with Gasteiger partial charge in [0, 0.05) is 12.4 Å². The van der Waals surface area contributed by atoms with E-state index < -0.39 is 0 Å². The lowest BCUT2D eigenvalue weighted by Crippen LogP contribution is -2.10. The highest BCUT2D eigenvalue weighted by Gasteiger charge is 2.14. The monoisotopic (exact) mass is 149 g/mol. The topological polar surface area (TPSA) is 46.4 Å². The van der Waals surface area contributed by atoms with E-state index in [2.05, 4.69) is 10.5 Å². The van der Waals surface area contributed by atoms with Crippen LogP contribution in [0, 0.1) is 0 Å². The molecule has 2 rings (SSSR count). The zero-order valence-electron chi connectivity index (χ0n) is 5.82. The van der Waals surface area contributed by atoms with E-state index in [-0.39, 0.29) is 5.91 Å². The van der Waals surface area contributed by atoms with Crippen LogP contribution in [0.5, 0.6) is 0 Å². The molecule has 0 saturated carbocycles. The Morgan fingerprint density at radius 1 is 1.45 bits per heavy atom. The van der Waals surface area contributed by atoms with E-state index in [9.17, 15) is 4.79 Å². The highest BCUT2D eigenvalue weighted by Crippen LogP contribution is 1.99. The van der Waals surface area contributed by atoms with Crippen LogP contribution in [0.25, 0.3) is 0 Å². The van der Waals surface area contributed by atoms with Gasteiger partial charge in [0.25, 0.3) is 0 Å². The molecule has 0 bridgehead atoms. The van der Waals surface area contributed by atoms with Gasteiger partial charge in [-0.3, -0.25) is 4.79 Å². The van der Waals surface area contributed by atoms with E-state index in [1.54, 1.807) is 0 Å². The van der Waals surface area contributed by atoms with Crippen LogP contribution in [0.15, 0.2) is 29.6 Å². The molecule has 0 fully saturated rings. The van der Waals surface area contributed by atoms with Crippen LogP contribution >= 0.6 is 0 Å². The second-order valence-corrected chi connectivity index (χ2v) is 2.33. The van der Waals surface area contributed by atoms with Gasteiger partial charge < -0.3 is 4.57 Å². The Labute approximate surface area is 63.5 Å². The minimum absolute atomic E-state index is 0.0475. The molecule has 0 spiro atoms. The number of carbonyl (C=O) groups excluding carboxylic acids is 1. The van der Waals surface area contributed by atoms with Crippen molar-refractivity contribution in [1.82, 2.24) is 9.99 Å². The maximum absolute atomic E-state index is 10.7. The summed E-state index contributed by atoms with van der Waals surface area (Å²) in [5.74, 6) is 0.703. The lowest BCUT2D eigenvalue weighted by Gasteiger charge is -1.95. The molecule has 4 heteroatoms. The highest BCUT2D eigenvalue weighted by molar-refractivity contribution is 6.04. The maximum atomic E-state index is 10.7. The fraction of sp³-hybridized carbons (Fsp3) is 0.143. The molecular formula is C7H7N3O. The Hall–Kier alpha value is -1.58. The van der Waals surface area contributed by atoms with Gasteiger partial charge in [0.1, 0.15) is 5.84 Å². The number of hydrogen-bond acceptors (Lipinski definition) is 2. The number of amides is 1. The predicted molar refractivity (Wildman–Crippen MR) is 40.0 cm³/mol. The van der Waals surface area contributed by atoms with Crippen molar-refractivity contribution < 1.29 is 4.79 Å². The first-order valence-corrected chi connectivity index (χ1v) is 3.35. The van der Waals surface area contributed by atoms with Gasteiger partial charge in [-0.15, -0.1) is 0 Å². The number of carbonyl (C=O) groups is 1. The van der Waals surface area contributed by atoms with E-state index in [1.165, 1.54) is 0 Å². The maximum Gasteiger partial charge on any atom is 0.247 e. The normalized spacial score (nSPS) is 16.4. The lowest BCUT2D eigenvalue weighted by atomic mass is 10.4. The molecule has 1 aromatic heterocycles. The van der Waals surface area contributed by atoms with Crippen LogP contribution < -0.4 is 5.43 Å². The van der Waals surface area contributed by atoms with Crippen LogP contribution in [0.2, 0.25) is 0 Å². The summed E-state index contributed by atoms with van der Waals surface area (Å²) in [5, 5.41) is 3.84. The van der Waals surface area contributed by atoms with Crippen molar-refractivity contribution in [3.05, 3.63) is 24.5 Å². The number of hydrogen-bond donors (Lipinski definition) is 1. The van der Waals surface area contributed by atoms with E-state index >= 15 is 0 Å². The summed E-state index contributed by atoms with van der Waals surface area (Å²) < 4.78 is 1.82. The average Bonchev–Trinajstić information content (AvgIpc) is 2.55. The van der Waals surface area contributed by atoms with Crippen LogP contribution in [0.1, 0.15) is 6.42 Å². The van der Waals surface area contributed by atoms with Crippen LogP contribution in [-0.4, -0.2) is 16.3 Å². The Kier molecular flexibility index (Phi) is 1.25. The first-order chi connectivity index (χ1) is 5.36. The molecule has 0 radical (unpaired) electrons. The third kappa shape index (κ3) is 1.02. The Bertz CT molecular complexity index is 299. The van der Waals surface area contributed by atoms with Crippen molar-refractivity contribution in [2.75, 3.05) is 0 Å².